The third-order valence-electron chi connectivity index (χ3n) is 4.30. The number of halogens is 2. The molecule has 2 aromatic carbocycles. The van der Waals surface area contributed by atoms with Gasteiger partial charge in [0, 0.05) is 19.2 Å². The molecule has 0 unspecified atom stereocenters. The molecule has 0 atom stereocenters. The topological polar surface area (TPSA) is 49.4 Å². The number of nitrogens with zero attached hydrogens (tertiary/aromatic N) is 1. The fourth-order valence-electron chi connectivity index (χ4n) is 3.00. The molecule has 1 heterocycles. The van der Waals surface area contributed by atoms with Crippen LogP contribution in [0.15, 0.2) is 36.4 Å². The monoisotopic (exact) mass is 344 g/mol. The number of aryl methyl sites for hydroxylation is 1. The molecule has 6 heteroatoms. The number of amides is 2. The Morgan fingerprint density at radius 3 is 2.48 bits per heavy atom. The van der Waals surface area contributed by atoms with Crippen LogP contribution in [0.1, 0.15) is 39.1 Å². The third kappa shape index (κ3) is 3.52. The fraction of sp³-hybridized carbons (Fsp3) is 0.263. The van der Waals surface area contributed by atoms with Gasteiger partial charge in [-0.1, -0.05) is 12.1 Å². The predicted octanol–water partition coefficient (Wildman–Crippen LogP) is 3.76. The number of carbonyl (C=O) groups excluding carboxylic acids is 2. The van der Waals surface area contributed by atoms with E-state index < -0.39 is 17.5 Å². The standard InChI is InChI=1S/C19H18F2N2O2/c1-12-5-4-6-16(17(12)19(25)23-9-2-3-10-23)22-18(24)14-8-7-13(20)11-15(14)21/h4-8,11H,2-3,9-10H2,1H3,(H,22,24). The van der Waals surface area contributed by atoms with E-state index in [0.717, 1.165) is 30.5 Å². The maximum absolute atomic E-state index is 13.8. The van der Waals surface area contributed by atoms with E-state index in [9.17, 15) is 18.4 Å². The van der Waals surface area contributed by atoms with Crippen molar-refractivity contribution in [2.45, 2.75) is 19.8 Å². The third-order valence-corrected chi connectivity index (χ3v) is 4.30. The average Bonchev–Trinajstić information content (AvgIpc) is 3.08. The van der Waals surface area contributed by atoms with Crippen molar-refractivity contribution in [3.63, 3.8) is 0 Å². The van der Waals surface area contributed by atoms with E-state index in [1.807, 2.05) is 0 Å². The van der Waals surface area contributed by atoms with E-state index in [1.165, 1.54) is 0 Å². The van der Waals surface area contributed by atoms with Gasteiger partial charge >= 0.3 is 0 Å². The van der Waals surface area contributed by atoms with E-state index in [0.29, 0.717) is 30.4 Å². The van der Waals surface area contributed by atoms with Crippen LogP contribution < -0.4 is 5.32 Å². The Labute approximate surface area is 144 Å². The molecule has 1 saturated heterocycles. The molecule has 1 fully saturated rings. The molecule has 4 nitrogen and oxygen atoms in total. The molecular weight excluding hydrogens is 326 g/mol. The van der Waals surface area contributed by atoms with Gasteiger partial charge in [-0.2, -0.15) is 0 Å². The van der Waals surface area contributed by atoms with Gasteiger partial charge in [-0.15, -0.1) is 0 Å². The van der Waals surface area contributed by atoms with Crippen molar-refractivity contribution in [1.29, 1.82) is 0 Å². The van der Waals surface area contributed by atoms with Gasteiger partial charge in [0.1, 0.15) is 11.6 Å². The van der Waals surface area contributed by atoms with Gasteiger partial charge in [0.25, 0.3) is 11.8 Å². The molecule has 2 amide bonds. The summed E-state index contributed by atoms with van der Waals surface area (Å²) in [5.74, 6) is -2.57. The molecular formula is C19H18F2N2O2. The van der Waals surface area contributed by atoms with Crippen LogP contribution in [-0.4, -0.2) is 29.8 Å². The first-order chi connectivity index (χ1) is 12.0. The van der Waals surface area contributed by atoms with Gasteiger partial charge in [-0.25, -0.2) is 8.78 Å². The SMILES string of the molecule is Cc1cccc(NC(=O)c2ccc(F)cc2F)c1C(=O)N1CCCC1. The van der Waals surface area contributed by atoms with Gasteiger partial charge < -0.3 is 10.2 Å². The molecule has 2 aromatic rings. The van der Waals surface area contributed by atoms with E-state index in [2.05, 4.69) is 5.32 Å². The number of hydrogen-bond acceptors (Lipinski definition) is 2. The number of benzene rings is 2. The van der Waals surface area contributed by atoms with Crippen molar-refractivity contribution in [2.75, 3.05) is 18.4 Å². The highest BCUT2D eigenvalue weighted by Crippen LogP contribution is 2.24. The lowest BCUT2D eigenvalue weighted by molar-refractivity contribution is 0.0793. The van der Waals surface area contributed by atoms with Crippen molar-refractivity contribution < 1.29 is 18.4 Å². The van der Waals surface area contributed by atoms with Crippen molar-refractivity contribution in [3.8, 4) is 0 Å². The minimum absolute atomic E-state index is 0.148. The van der Waals surface area contributed by atoms with Crippen molar-refractivity contribution in [1.82, 2.24) is 4.90 Å². The summed E-state index contributed by atoms with van der Waals surface area (Å²) in [7, 11) is 0. The number of anilines is 1. The Kier molecular flexibility index (Phi) is 4.79. The molecule has 0 spiro atoms. The van der Waals surface area contributed by atoms with Gasteiger partial charge in [-0.05, 0) is 43.5 Å². The Morgan fingerprint density at radius 2 is 1.80 bits per heavy atom. The van der Waals surface area contributed by atoms with Crippen LogP contribution in [-0.2, 0) is 0 Å². The molecule has 0 aliphatic carbocycles. The van der Waals surface area contributed by atoms with Crippen LogP contribution in [0.5, 0.6) is 0 Å². The molecule has 1 aliphatic rings. The number of likely N-dealkylation sites (tertiary alicyclic amines) is 1. The smallest absolute Gasteiger partial charge is 0.258 e. The lowest BCUT2D eigenvalue weighted by Gasteiger charge is -2.19. The highest BCUT2D eigenvalue weighted by atomic mass is 19.1. The van der Waals surface area contributed by atoms with Crippen molar-refractivity contribution >= 4 is 17.5 Å². The summed E-state index contributed by atoms with van der Waals surface area (Å²) in [5.41, 5.74) is 1.18. The summed E-state index contributed by atoms with van der Waals surface area (Å²) in [5, 5.41) is 2.58. The van der Waals surface area contributed by atoms with Gasteiger partial charge in [0.05, 0.1) is 16.8 Å². The Bertz CT molecular complexity index is 830. The lowest BCUT2D eigenvalue weighted by atomic mass is 10.0. The van der Waals surface area contributed by atoms with E-state index >= 15 is 0 Å². The summed E-state index contributed by atoms with van der Waals surface area (Å²) >= 11 is 0. The van der Waals surface area contributed by atoms with Crippen LogP contribution in [0, 0.1) is 18.6 Å². The molecule has 130 valence electrons. The second-order valence-electron chi connectivity index (χ2n) is 6.08. The Balaban J connectivity index is 1.91. The number of rotatable bonds is 3. The first kappa shape index (κ1) is 17.1. The molecule has 0 aromatic heterocycles. The quantitative estimate of drug-likeness (QED) is 0.922. The van der Waals surface area contributed by atoms with Gasteiger partial charge in [-0.3, -0.25) is 9.59 Å². The van der Waals surface area contributed by atoms with Crippen molar-refractivity contribution in [3.05, 3.63) is 64.7 Å². The lowest BCUT2D eigenvalue weighted by Crippen LogP contribution is -2.29. The zero-order valence-electron chi connectivity index (χ0n) is 13.8. The number of carbonyl (C=O) groups is 2. The molecule has 0 radical (unpaired) electrons. The average molecular weight is 344 g/mol. The molecule has 0 bridgehead atoms. The van der Waals surface area contributed by atoms with Gasteiger partial charge in [0.2, 0.25) is 0 Å². The van der Waals surface area contributed by atoms with Gasteiger partial charge in [0.15, 0.2) is 0 Å². The minimum Gasteiger partial charge on any atom is -0.339 e. The summed E-state index contributed by atoms with van der Waals surface area (Å²) in [6, 6.07) is 7.86. The Hall–Kier alpha value is -2.76. The van der Waals surface area contributed by atoms with Crippen LogP contribution in [0.3, 0.4) is 0 Å². The molecule has 3 rings (SSSR count). The minimum atomic E-state index is -0.947. The van der Waals surface area contributed by atoms with Crippen LogP contribution in [0.4, 0.5) is 14.5 Å². The molecule has 1 aliphatic heterocycles. The number of hydrogen-bond donors (Lipinski definition) is 1. The van der Waals surface area contributed by atoms with Crippen LogP contribution in [0.2, 0.25) is 0 Å². The molecule has 0 saturated carbocycles. The first-order valence-corrected chi connectivity index (χ1v) is 8.12. The normalized spacial score (nSPS) is 13.8. The zero-order valence-corrected chi connectivity index (χ0v) is 13.8. The van der Waals surface area contributed by atoms with Crippen molar-refractivity contribution in [2.24, 2.45) is 0 Å². The van der Waals surface area contributed by atoms with Crippen LogP contribution in [0.25, 0.3) is 0 Å². The molecule has 25 heavy (non-hydrogen) atoms. The summed E-state index contributed by atoms with van der Waals surface area (Å²) in [6.45, 7) is 3.16. The summed E-state index contributed by atoms with van der Waals surface area (Å²) < 4.78 is 26.8. The van der Waals surface area contributed by atoms with E-state index in [-0.39, 0.29) is 11.5 Å². The van der Waals surface area contributed by atoms with E-state index in [4.69, 9.17) is 0 Å². The number of nitrogens with one attached hydrogen (secondary N) is 1. The first-order valence-electron chi connectivity index (χ1n) is 8.12. The van der Waals surface area contributed by atoms with Crippen LogP contribution >= 0.6 is 0 Å². The second kappa shape index (κ2) is 7.01. The maximum Gasteiger partial charge on any atom is 0.258 e. The molecule has 1 N–H and O–H groups in total. The summed E-state index contributed by atoms with van der Waals surface area (Å²) in [6.07, 6.45) is 1.92. The maximum atomic E-state index is 13.8. The predicted molar refractivity (Wildman–Crippen MR) is 90.6 cm³/mol. The largest absolute Gasteiger partial charge is 0.339 e. The Morgan fingerprint density at radius 1 is 1.08 bits per heavy atom. The second-order valence-corrected chi connectivity index (χ2v) is 6.08. The highest BCUT2D eigenvalue weighted by Gasteiger charge is 2.24. The summed E-state index contributed by atoms with van der Waals surface area (Å²) in [4.78, 5) is 26.9. The fourth-order valence-corrected chi connectivity index (χ4v) is 3.00. The van der Waals surface area contributed by atoms with E-state index in [1.54, 1.807) is 30.0 Å². The zero-order chi connectivity index (χ0) is 18.0. The highest BCUT2D eigenvalue weighted by molar-refractivity contribution is 6.09.